The van der Waals surface area contributed by atoms with Gasteiger partial charge in [-0.15, -0.1) is 0 Å². The molecule has 3 unspecified atom stereocenters. The Bertz CT molecular complexity index is 629. The first kappa shape index (κ1) is 14.8. The van der Waals surface area contributed by atoms with Crippen LogP contribution in [0.15, 0.2) is 60.7 Å². The van der Waals surface area contributed by atoms with Crippen LogP contribution in [-0.2, 0) is 9.53 Å². The van der Waals surface area contributed by atoms with Crippen LogP contribution in [0.25, 0.3) is 0 Å². The second-order valence-corrected chi connectivity index (χ2v) is 5.53. The largest absolute Gasteiger partial charge is 0.387 e. The van der Waals surface area contributed by atoms with Gasteiger partial charge in [-0.25, -0.2) is 0 Å². The molecule has 0 aliphatic carbocycles. The monoisotopic (exact) mass is 297 g/mol. The number of hydrogen-bond donors (Lipinski definition) is 1. The third-order valence-electron chi connectivity index (χ3n) is 3.87. The van der Waals surface area contributed by atoms with Crippen molar-refractivity contribution in [3.8, 4) is 0 Å². The Balaban J connectivity index is 1.57. The zero-order chi connectivity index (χ0) is 15.5. The number of epoxide rings is 1. The van der Waals surface area contributed by atoms with Crippen molar-refractivity contribution in [3.63, 3.8) is 0 Å². The van der Waals surface area contributed by atoms with Crippen LogP contribution in [0.4, 0.5) is 0 Å². The van der Waals surface area contributed by atoms with Crippen LogP contribution in [0.3, 0.4) is 0 Å². The summed E-state index contributed by atoms with van der Waals surface area (Å²) in [5, 5.41) is 10.2. The van der Waals surface area contributed by atoms with E-state index >= 15 is 0 Å². The van der Waals surface area contributed by atoms with Crippen molar-refractivity contribution in [2.45, 2.75) is 18.3 Å². The maximum absolute atomic E-state index is 12.3. The van der Waals surface area contributed by atoms with E-state index in [2.05, 4.69) is 0 Å². The predicted molar refractivity (Wildman–Crippen MR) is 83.1 cm³/mol. The maximum Gasteiger partial charge on any atom is 0.254 e. The normalized spacial score (nSPS) is 21.2. The van der Waals surface area contributed by atoms with E-state index in [4.69, 9.17) is 4.74 Å². The summed E-state index contributed by atoms with van der Waals surface area (Å²) in [4.78, 5) is 13.9. The Morgan fingerprint density at radius 2 is 1.73 bits per heavy atom. The van der Waals surface area contributed by atoms with Crippen LogP contribution in [0, 0.1) is 0 Å². The molecule has 1 saturated heterocycles. The molecule has 4 heteroatoms. The highest BCUT2D eigenvalue weighted by molar-refractivity contribution is 5.84. The number of carbonyl (C=O) groups is 1. The zero-order valence-corrected chi connectivity index (χ0v) is 12.4. The lowest BCUT2D eigenvalue weighted by Gasteiger charge is -2.20. The first-order valence-corrected chi connectivity index (χ1v) is 7.35. The fourth-order valence-electron chi connectivity index (χ4n) is 2.54. The second kappa shape index (κ2) is 6.30. The molecule has 1 fully saturated rings. The summed E-state index contributed by atoms with van der Waals surface area (Å²) >= 11 is 0. The molecule has 3 rings (SSSR count). The molecule has 1 N–H and O–H groups in total. The molecule has 0 saturated carbocycles. The Kier molecular flexibility index (Phi) is 4.22. The minimum atomic E-state index is -0.691. The van der Waals surface area contributed by atoms with Gasteiger partial charge in [0.15, 0.2) is 6.10 Å². The van der Waals surface area contributed by atoms with Crippen LogP contribution in [0.5, 0.6) is 0 Å². The Hall–Kier alpha value is -2.17. The summed E-state index contributed by atoms with van der Waals surface area (Å²) in [6.07, 6.45) is -1.29. The van der Waals surface area contributed by atoms with Gasteiger partial charge in [0.05, 0.1) is 12.6 Å². The van der Waals surface area contributed by atoms with Crippen molar-refractivity contribution in [2.75, 3.05) is 13.6 Å². The van der Waals surface area contributed by atoms with Gasteiger partial charge in [-0.05, 0) is 11.1 Å². The van der Waals surface area contributed by atoms with Crippen molar-refractivity contribution in [1.29, 1.82) is 0 Å². The smallest absolute Gasteiger partial charge is 0.254 e. The molecule has 0 spiro atoms. The molecular formula is C18H19NO3. The van der Waals surface area contributed by atoms with E-state index in [1.54, 1.807) is 7.05 Å². The number of benzene rings is 2. The lowest BCUT2D eigenvalue weighted by atomic mass is 10.1. The van der Waals surface area contributed by atoms with E-state index in [1.807, 2.05) is 60.7 Å². The number of likely N-dealkylation sites (N-methyl/N-ethyl adjacent to an activating group) is 1. The number of aliphatic hydroxyl groups excluding tert-OH is 1. The number of nitrogens with zero attached hydrogens (tertiary/aromatic N) is 1. The third kappa shape index (κ3) is 3.18. The Labute approximate surface area is 130 Å². The van der Waals surface area contributed by atoms with Gasteiger partial charge in [0.2, 0.25) is 0 Å². The highest BCUT2D eigenvalue weighted by Crippen LogP contribution is 2.39. The van der Waals surface area contributed by atoms with E-state index in [9.17, 15) is 9.90 Å². The molecule has 1 heterocycles. The topological polar surface area (TPSA) is 53.1 Å². The minimum absolute atomic E-state index is 0.0937. The summed E-state index contributed by atoms with van der Waals surface area (Å²) in [5.41, 5.74) is 1.82. The van der Waals surface area contributed by atoms with Crippen LogP contribution < -0.4 is 0 Å². The van der Waals surface area contributed by atoms with Gasteiger partial charge in [0.1, 0.15) is 6.10 Å². The SMILES string of the molecule is CN(CC(O)c1ccccc1)C(=O)C1OC1c1ccccc1. The van der Waals surface area contributed by atoms with Crippen LogP contribution in [0.2, 0.25) is 0 Å². The summed E-state index contributed by atoms with van der Waals surface area (Å²) < 4.78 is 5.50. The number of ether oxygens (including phenoxy) is 1. The van der Waals surface area contributed by atoms with Gasteiger partial charge in [-0.1, -0.05) is 60.7 Å². The van der Waals surface area contributed by atoms with E-state index < -0.39 is 12.2 Å². The third-order valence-corrected chi connectivity index (χ3v) is 3.87. The van der Waals surface area contributed by atoms with Gasteiger partial charge in [-0.3, -0.25) is 4.79 Å². The van der Waals surface area contributed by atoms with Crippen molar-refractivity contribution in [3.05, 3.63) is 71.8 Å². The molecule has 1 amide bonds. The minimum Gasteiger partial charge on any atom is -0.387 e. The molecule has 0 bridgehead atoms. The van der Waals surface area contributed by atoms with Crippen LogP contribution in [0.1, 0.15) is 23.3 Å². The van der Waals surface area contributed by atoms with Crippen molar-refractivity contribution in [1.82, 2.24) is 4.90 Å². The average molecular weight is 297 g/mol. The van der Waals surface area contributed by atoms with E-state index in [1.165, 1.54) is 4.90 Å². The molecule has 1 aliphatic heterocycles. The fourth-order valence-corrected chi connectivity index (χ4v) is 2.54. The number of hydrogen-bond acceptors (Lipinski definition) is 3. The highest BCUT2D eigenvalue weighted by atomic mass is 16.6. The molecule has 4 nitrogen and oxygen atoms in total. The number of rotatable bonds is 5. The highest BCUT2D eigenvalue weighted by Gasteiger charge is 2.47. The van der Waals surface area contributed by atoms with Crippen LogP contribution >= 0.6 is 0 Å². The summed E-state index contributed by atoms with van der Waals surface area (Å²) in [7, 11) is 1.69. The lowest BCUT2D eigenvalue weighted by Crippen LogP contribution is -2.34. The van der Waals surface area contributed by atoms with Crippen molar-refractivity contribution < 1.29 is 14.6 Å². The molecule has 1 aliphatic rings. The van der Waals surface area contributed by atoms with Crippen molar-refractivity contribution in [2.24, 2.45) is 0 Å². The van der Waals surface area contributed by atoms with E-state index in [0.29, 0.717) is 0 Å². The molecule has 2 aromatic carbocycles. The molecule has 3 atom stereocenters. The summed E-state index contributed by atoms with van der Waals surface area (Å²) in [6.45, 7) is 0.254. The molecule has 22 heavy (non-hydrogen) atoms. The number of aliphatic hydroxyl groups is 1. The quantitative estimate of drug-likeness (QED) is 0.862. The van der Waals surface area contributed by atoms with Gasteiger partial charge in [0, 0.05) is 7.05 Å². The summed E-state index contributed by atoms with van der Waals surface area (Å²) in [5.74, 6) is -0.0937. The maximum atomic E-state index is 12.3. The van der Waals surface area contributed by atoms with Gasteiger partial charge in [0.25, 0.3) is 5.91 Å². The molecular weight excluding hydrogens is 278 g/mol. The molecule has 0 radical (unpaired) electrons. The molecule has 114 valence electrons. The van der Waals surface area contributed by atoms with Crippen molar-refractivity contribution >= 4 is 5.91 Å². The van der Waals surface area contributed by atoms with Gasteiger partial charge in [-0.2, -0.15) is 0 Å². The molecule has 0 aromatic heterocycles. The first-order chi connectivity index (χ1) is 10.7. The number of carbonyl (C=O) groups excluding carboxylic acids is 1. The first-order valence-electron chi connectivity index (χ1n) is 7.35. The fraction of sp³-hybridized carbons (Fsp3) is 0.278. The Morgan fingerprint density at radius 3 is 2.36 bits per heavy atom. The average Bonchev–Trinajstić information content (AvgIpc) is 3.36. The predicted octanol–water partition coefficient (Wildman–Crippen LogP) is 2.32. The summed E-state index contributed by atoms with van der Waals surface area (Å²) in [6, 6.07) is 19.0. The van der Waals surface area contributed by atoms with Crippen LogP contribution in [-0.4, -0.2) is 35.6 Å². The molecule has 2 aromatic rings. The lowest BCUT2D eigenvalue weighted by molar-refractivity contribution is -0.132. The zero-order valence-electron chi connectivity index (χ0n) is 12.4. The van der Waals surface area contributed by atoms with E-state index in [-0.39, 0.29) is 18.6 Å². The standard InChI is InChI=1S/C18H19NO3/c1-19(12-15(20)13-8-4-2-5-9-13)18(21)17-16(22-17)14-10-6-3-7-11-14/h2-11,15-17,20H,12H2,1H3. The Morgan fingerprint density at radius 1 is 1.14 bits per heavy atom. The van der Waals surface area contributed by atoms with E-state index in [0.717, 1.165) is 11.1 Å². The van der Waals surface area contributed by atoms with Gasteiger partial charge >= 0.3 is 0 Å². The second-order valence-electron chi connectivity index (χ2n) is 5.53. The number of amides is 1. The van der Waals surface area contributed by atoms with Gasteiger partial charge < -0.3 is 14.7 Å².